The van der Waals surface area contributed by atoms with Gasteiger partial charge in [0.05, 0.1) is 6.10 Å². The molecule has 90 valence electrons. The van der Waals surface area contributed by atoms with Crippen LogP contribution in [0.15, 0.2) is 30.3 Å². The van der Waals surface area contributed by atoms with Crippen molar-refractivity contribution in [3.8, 4) is 0 Å². The van der Waals surface area contributed by atoms with Crippen LogP contribution in [-0.4, -0.2) is 32.3 Å². The summed E-state index contributed by atoms with van der Waals surface area (Å²) in [6.07, 6.45) is 1.19. The first-order chi connectivity index (χ1) is 7.76. The minimum Gasteiger partial charge on any atom is -0.380 e. The molecule has 0 saturated heterocycles. The normalized spacial score (nSPS) is 14.7. The quantitative estimate of drug-likeness (QED) is 0.728. The molecule has 0 aromatic heterocycles. The molecule has 0 aliphatic carbocycles. The highest BCUT2D eigenvalue weighted by Gasteiger charge is 2.08. The SMILES string of the molecule is COC(C)CNC(CN)Cc1ccccc1. The molecule has 2 atom stereocenters. The van der Waals surface area contributed by atoms with Gasteiger partial charge in [0, 0.05) is 26.2 Å². The number of rotatable bonds is 7. The molecule has 1 aromatic carbocycles. The molecule has 0 spiro atoms. The minimum atomic E-state index is 0.227. The topological polar surface area (TPSA) is 47.3 Å². The van der Waals surface area contributed by atoms with Gasteiger partial charge in [0.2, 0.25) is 0 Å². The number of nitrogens with two attached hydrogens (primary N) is 1. The van der Waals surface area contributed by atoms with Gasteiger partial charge in [-0.05, 0) is 18.9 Å². The standard InChI is InChI=1S/C13H22N2O/c1-11(16-2)10-15-13(9-14)8-12-6-4-3-5-7-12/h3-7,11,13,15H,8-10,14H2,1-2H3. The number of nitrogens with one attached hydrogen (secondary N) is 1. The Labute approximate surface area is 98.0 Å². The van der Waals surface area contributed by atoms with E-state index in [2.05, 4.69) is 29.6 Å². The lowest BCUT2D eigenvalue weighted by molar-refractivity contribution is 0.114. The summed E-state index contributed by atoms with van der Waals surface area (Å²) in [4.78, 5) is 0. The van der Waals surface area contributed by atoms with E-state index >= 15 is 0 Å². The van der Waals surface area contributed by atoms with Crippen LogP contribution in [0.2, 0.25) is 0 Å². The van der Waals surface area contributed by atoms with Crippen molar-refractivity contribution in [1.82, 2.24) is 5.32 Å². The monoisotopic (exact) mass is 222 g/mol. The Morgan fingerprint density at radius 3 is 2.56 bits per heavy atom. The maximum absolute atomic E-state index is 5.74. The molecule has 0 aliphatic rings. The summed E-state index contributed by atoms with van der Waals surface area (Å²) in [7, 11) is 1.72. The highest BCUT2D eigenvalue weighted by Crippen LogP contribution is 2.02. The van der Waals surface area contributed by atoms with Crippen LogP contribution in [0, 0.1) is 0 Å². The van der Waals surface area contributed by atoms with Gasteiger partial charge in [-0.15, -0.1) is 0 Å². The summed E-state index contributed by atoms with van der Waals surface area (Å²) in [6.45, 7) is 3.53. The summed E-state index contributed by atoms with van der Waals surface area (Å²) in [5, 5.41) is 3.42. The summed E-state index contributed by atoms with van der Waals surface area (Å²) >= 11 is 0. The molecule has 0 radical (unpaired) electrons. The maximum Gasteiger partial charge on any atom is 0.0667 e. The molecule has 0 fully saturated rings. The molecule has 2 unspecified atom stereocenters. The molecule has 0 aliphatic heterocycles. The van der Waals surface area contributed by atoms with E-state index in [1.165, 1.54) is 5.56 Å². The number of benzene rings is 1. The molecule has 3 N–H and O–H groups in total. The van der Waals surface area contributed by atoms with Crippen molar-refractivity contribution in [2.45, 2.75) is 25.5 Å². The largest absolute Gasteiger partial charge is 0.380 e. The first kappa shape index (κ1) is 13.2. The molecule has 3 nitrogen and oxygen atoms in total. The molecule has 3 heteroatoms. The molecule has 0 saturated carbocycles. The van der Waals surface area contributed by atoms with Gasteiger partial charge in [-0.25, -0.2) is 0 Å². The first-order valence-electron chi connectivity index (χ1n) is 5.76. The van der Waals surface area contributed by atoms with Crippen LogP contribution in [0.3, 0.4) is 0 Å². The van der Waals surface area contributed by atoms with Gasteiger partial charge in [-0.1, -0.05) is 30.3 Å². The zero-order valence-electron chi connectivity index (χ0n) is 10.1. The molecule has 1 rings (SSSR count). The Morgan fingerprint density at radius 2 is 2.00 bits per heavy atom. The molecule has 0 bridgehead atoms. The predicted octanol–water partition coefficient (Wildman–Crippen LogP) is 1.18. The molecule has 16 heavy (non-hydrogen) atoms. The van der Waals surface area contributed by atoms with E-state index in [-0.39, 0.29) is 6.10 Å². The number of hydrogen-bond acceptors (Lipinski definition) is 3. The van der Waals surface area contributed by atoms with Gasteiger partial charge in [-0.3, -0.25) is 0 Å². The molecule has 0 heterocycles. The number of ether oxygens (including phenoxy) is 1. The van der Waals surface area contributed by atoms with E-state index < -0.39 is 0 Å². The lowest BCUT2D eigenvalue weighted by Crippen LogP contribution is -2.41. The second-order valence-electron chi connectivity index (χ2n) is 4.08. The Bertz CT molecular complexity index is 277. The van der Waals surface area contributed by atoms with Crippen molar-refractivity contribution in [2.24, 2.45) is 5.73 Å². The first-order valence-corrected chi connectivity index (χ1v) is 5.76. The van der Waals surface area contributed by atoms with Crippen molar-refractivity contribution >= 4 is 0 Å². The summed E-state index contributed by atoms with van der Waals surface area (Å²) < 4.78 is 5.19. The van der Waals surface area contributed by atoms with Crippen LogP contribution in [0.5, 0.6) is 0 Å². The Morgan fingerprint density at radius 1 is 1.31 bits per heavy atom. The fourth-order valence-corrected chi connectivity index (χ4v) is 1.55. The van der Waals surface area contributed by atoms with E-state index in [4.69, 9.17) is 10.5 Å². The average Bonchev–Trinajstić information content (AvgIpc) is 2.35. The van der Waals surface area contributed by atoms with E-state index in [9.17, 15) is 0 Å². The highest BCUT2D eigenvalue weighted by atomic mass is 16.5. The van der Waals surface area contributed by atoms with Gasteiger partial charge in [0.1, 0.15) is 0 Å². The summed E-state index contributed by atoms with van der Waals surface area (Å²) in [5.41, 5.74) is 7.06. The van der Waals surface area contributed by atoms with Crippen molar-refractivity contribution in [2.75, 3.05) is 20.2 Å². The summed E-state index contributed by atoms with van der Waals surface area (Å²) in [5.74, 6) is 0. The lowest BCUT2D eigenvalue weighted by Gasteiger charge is -2.19. The zero-order valence-corrected chi connectivity index (χ0v) is 10.1. The van der Waals surface area contributed by atoms with E-state index in [0.717, 1.165) is 13.0 Å². The molecular formula is C13H22N2O. The van der Waals surface area contributed by atoms with Crippen LogP contribution in [-0.2, 0) is 11.2 Å². The zero-order chi connectivity index (χ0) is 11.8. The van der Waals surface area contributed by atoms with Gasteiger partial charge >= 0.3 is 0 Å². The van der Waals surface area contributed by atoms with Crippen molar-refractivity contribution in [1.29, 1.82) is 0 Å². The second-order valence-corrected chi connectivity index (χ2v) is 4.08. The molecule has 1 aromatic rings. The van der Waals surface area contributed by atoms with Gasteiger partial charge < -0.3 is 15.8 Å². The number of methoxy groups -OCH3 is 1. The third-order valence-corrected chi connectivity index (χ3v) is 2.71. The van der Waals surface area contributed by atoms with E-state index in [0.29, 0.717) is 12.6 Å². The fraction of sp³-hybridized carbons (Fsp3) is 0.538. The molecular weight excluding hydrogens is 200 g/mol. The van der Waals surface area contributed by atoms with E-state index in [1.807, 2.05) is 13.0 Å². The van der Waals surface area contributed by atoms with Crippen LogP contribution < -0.4 is 11.1 Å². The average molecular weight is 222 g/mol. The van der Waals surface area contributed by atoms with Crippen molar-refractivity contribution < 1.29 is 4.74 Å². The van der Waals surface area contributed by atoms with Crippen LogP contribution in [0.1, 0.15) is 12.5 Å². The smallest absolute Gasteiger partial charge is 0.0667 e. The highest BCUT2D eigenvalue weighted by molar-refractivity contribution is 5.15. The Hall–Kier alpha value is -0.900. The summed E-state index contributed by atoms with van der Waals surface area (Å²) in [6, 6.07) is 10.7. The third-order valence-electron chi connectivity index (χ3n) is 2.71. The predicted molar refractivity (Wildman–Crippen MR) is 67.5 cm³/mol. The Balaban J connectivity index is 2.37. The van der Waals surface area contributed by atoms with Crippen LogP contribution in [0.25, 0.3) is 0 Å². The minimum absolute atomic E-state index is 0.227. The Kier molecular flexibility index (Phi) is 6.08. The van der Waals surface area contributed by atoms with Crippen molar-refractivity contribution in [3.63, 3.8) is 0 Å². The maximum atomic E-state index is 5.74. The second kappa shape index (κ2) is 7.39. The van der Waals surface area contributed by atoms with Gasteiger partial charge in [-0.2, -0.15) is 0 Å². The van der Waals surface area contributed by atoms with Crippen LogP contribution >= 0.6 is 0 Å². The fourth-order valence-electron chi connectivity index (χ4n) is 1.55. The number of hydrogen-bond donors (Lipinski definition) is 2. The van der Waals surface area contributed by atoms with Crippen LogP contribution in [0.4, 0.5) is 0 Å². The third kappa shape index (κ3) is 4.75. The van der Waals surface area contributed by atoms with Gasteiger partial charge in [0.25, 0.3) is 0 Å². The van der Waals surface area contributed by atoms with Gasteiger partial charge in [0.15, 0.2) is 0 Å². The lowest BCUT2D eigenvalue weighted by atomic mass is 10.1. The molecule has 0 amide bonds. The van der Waals surface area contributed by atoms with Crippen molar-refractivity contribution in [3.05, 3.63) is 35.9 Å². The van der Waals surface area contributed by atoms with E-state index in [1.54, 1.807) is 7.11 Å².